The molecule has 0 radical (unpaired) electrons. The third-order valence-corrected chi connectivity index (χ3v) is 5.80. The zero-order valence-corrected chi connectivity index (χ0v) is 19.1. The van der Waals surface area contributed by atoms with Crippen LogP contribution in [0.15, 0.2) is 58.3 Å². The van der Waals surface area contributed by atoms with E-state index in [1.54, 1.807) is 29.4 Å². The molecule has 0 N–H and O–H groups in total. The number of hydrogen-bond acceptors (Lipinski definition) is 5. The Morgan fingerprint density at radius 1 is 1.30 bits per heavy atom. The smallest absolute Gasteiger partial charge is 0.233 e. The van der Waals surface area contributed by atoms with Crippen LogP contribution in [-0.2, 0) is 11.3 Å². The van der Waals surface area contributed by atoms with E-state index in [0.717, 1.165) is 11.3 Å². The lowest BCUT2D eigenvalue weighted by Gasteiger charge is -2.20. The van der Waals surface area contributed by atoms with E-state index in [4.69, 9.17) is 27.6 Å². The SMILES string of the molecule is C=C(C)CN(CC)C(=O)CSc1nnc(-c2ccc(Cl)cc2Cl)n1Cc1ccco1. The van der Waals surface area contributed by atoms with Gasteiger partial charge in [-0.25, -0.2) is 0 Å². The minimum Gasteiger partial charge on any atom is -0.467 e. The second-order valence-electron chi connectivity index (χ2n) is 6.75. The molecule has 0 aliphatic rings. The number of hydrogen-bond donors (Lipinski definition) is 0. The predicted octanol–water partition coefficient (Wildman–Crippen LogP) is 5.41. The Morgan fingerprint density at radius 2 is 2.10 bits per heavy atom. The Morgan fingerprint density at radius 3 is 2.73 bits per heavy atom. The van der Waals surface area contributed by atoms with Crippen molar-refractivity contribution in [2.45, 2.75) is 25.5 Å². The zero-order chi connectivity index (χ0) is 21.7. The van der Waals surface area contributed by atoms with Crippen molar-refractivity contribution in [1.82, 2.24) is 19.7 Å². The summed E-state index contributed by atoms with van der Waals surface area (Å²) in [6.45, 7) is 9.32. The maximum Gasteiger partial charge on any atom is 0.233 e. The number of aromatic nitrogens is 3. The zero-order valence-electron chi connectivity index (χ0n) is 16.8. The summed E-state index contributed by atoms with van der Waals surface area (Å²) < 4.78 is 7.39. The van der Waals surface area contributed by atoms with Gasteiger partial charge in [0.05, 0.1) is 23.6 Å². The molecular weight excluding hydrogens is 443 g/mol. The Kier molecular flexibility index (Phi) is 7.64. The highest BCUT2D eigenvalue weighted by molar-refractivity contribution is 7.99. The van der Waals surface area contributed by atoms with Gasteiger partial charge in [0.15, 0.2) is 11.0 Å². The molecule has 2 aromatic heterocycles. The van der Waals surface area contributed by atoms with Crippen molar-refractivity contribution >= 4 is 40.9 Å². The first-order valence-corrected chi connectivity index (χ1v) is 11.1. The topological polar surface area (TPSA) is 64.2 Å². The summed E-state index contributed by atoms with van der Waals surface area (Å²) in [5.41, 5.74) is 1.65. The molecule has 0 saturated carbocycles. The van der Waals surface area contributed by atoms with E-state index in [1.165, 1.54) is 11.8 Å². The fraction of sp³-hybridized carbons (Fsp3) is 0.286. The van der Waals surface area contributed by atoms with Crippen LogP contribution in [-0.4, -0.2) is 44.4 Å². The lowest BCUT2D eigenvalue weighted by atomic mass is 10.2. The molecule has 9 heteroatoms. The van der Waals surface area contributed by atoms with Crippen LogP contribution < -0.4 is 0 Å². The molecule has 0 unspecified atom stereocenters. The quantitative estimate of drug-likeness (QED) is 0.312. The van der Waals surface area contributed by atoms with E-state index in [0.29, 0.717) is 46.2 Å². The van der Waals surface area contributed by atoms with Crippen LogP contribution in [0.1, 0.15) is 19.6 Å². The number of halogens is 2. The van der Waals surface area contributed by atoms with E-state index in [9.17, 15) is 4.79 Å². The molecule has 6 nitrogen and oxygen atoms in total. The highest BCUT2D eigenvalue weighted by Crippen LogP contribution is 2.32. The molecule has 2 heterocycles. The third kappa shape index (κ3) is 5.47. The standard InChI is InChI=1S/C21H22Cl2N4O2S/c1-4-26(11-14(2)3)19(28)13-30-21-25-24-20(17-8-7-15(22)10-18(17)23)27(21)12-16-6-5-9-29-16/h5-10H,2,4,11-13H2,1,3H3. The summed E-state index contributed by atoms with van der Waals surface area (Å²) in [6.07, 6.45) is 1.61. The van der Waals surface area contributed by atoms with Crippen LogP contribution in [0.2, 0.25) is 10.0 Å². The molecule has 1 amide bonds. The molecule has 0 atom stereocenters. The maximum absolute atomic E-state index is 12.6. The van der Waals surface area contributed by atoms with Gasteiger partial charge in [0, 0.05) is 23.7 Å². The van der Waals surface area contributed by atoms with Crippen molar-refractivity contribution in [1.29, 1.82) is 0 Å². The second-order valence-corrected chi connectivity index (χ2v) is 8.54. The van der Waals surface area contributed by atoms with Gasteiger partial charge in [-0.15, -0.1) is 10.2 Å². The van der Waals surface area contributed by atoms with Crippen LogP contribution in [0.25, 0.3) is 11.4 Å². The molecule has 0 fully saturated rings. The fourth-order valence-corrected chi connectivity index (χ4v) is 4.22. The van der Waals surface area contributed by atoms with Gasteiger partial charge in [0.1, 0.15) is 5.76 Å². The molecule has 158 valence electrons. The van der Waals surface area contributed by atoms with Gasteiger partial charge >= 0.3 is 0 Å². The maximum atomic E-state index is 12.6. The van der Waals surface area contributed by atoms with E-state index in [-0.39, 0.29) is 11.7 Å². The molecule has 3 rings (SSSR count). The highest BCUT2D eigenvalue weighted by atomic mass is 35.5. The number of carbonyl (C=O) groups excluding carboxylic acids is 1. The van der Waals surface area contributed by atoms with Crippen molar-refractivity contribution in [3.05, 3.63) is 64.6 Å². The summed E-state index contributed by atoms with van der Waals surface area (Å²) in [7, 11) is 0. The Bertz CT molecular complexity index is 1030. The Labute approximate surface area is 189 Å². The van der Waals surface area contributed by atoms with Gasteiger partial charge < -0.3 is 9.32 Å². The van der Waals surface area contributed by atoms with Crippen LogP contribution in [0.4, 0.5) is 0 Å². The van der Waals surface area contributed by atoms with Crippen molar-refractivity contribution in [3.63, 3.8) is 0 Å². The van der Waals surface area contributed by atoms with Crippen LogP contribution in [0.5, 0.6) is 0 Å². The average molecular weight is 465 g/mol. The minimum absolute atomic E-state index is 0.0177. The molecule has 3 aromatic rings. The van der Waals surface area contributed by atoms with E-state index < -0.39 is 0 Å². The fourth-order valence-electron chi connectivity index (χ4n) is 2.89. The van der Waals surface area contributed by atoms with Gasteiger partial charge in [-0.1, -0.05) is 47.1 Å². The lowest BCUT2D eigenvalue weighted by molar-refractivity contribution is -0.127. The number of amides is 1. The number of benzene rings is 1. The number of thioether (sulfide) groups is 1. The highest BCUT2D eigenvalue weighted by Gasteiger charge is 2.20. The van der Waals surface area contributed by atoms with Crippen molar-refractivity contribution in [3.8, 4) is 11.4 Å². The lowest BCUT2D eigenvalue weighted by Crippen LogP contribution is -2.33. The monoisotopic (exact) mass is 464 g/mol. The van der Waals surface area contributed by atoms with Gasteiger partial charge in [0.25, 0.3) is 0 Å². The van der Waals surface area contributed by atoms with E-state index in [1.807, 2.05) is 30.5 Å². The summed E-state index contributed by atoms with van der Waals surface area (Å²) in [5.74, 6) is 1.58. The first-order valence-electron chi connectivity index (χ1n) is 9.35. The number of likely N-dealkylation sites (N-methyl/N-ethyl adjacent to an activating group) is 1. The van der Waals surface area contributed by atoms with E-state index in [2.05, 4.69) is 16.8 Å². The van der Waals surface area contributed by atoms with Crippen LogP contribution in [0, 0.1) is 0 Å². The van der Waals surface area contributed by atoms with Crippen LogP contribution >= 0.6 is 35.0 Å². The summed E-state index contributed by atoms with van der Waals surface area (Å²) in [6, 6.07) is 8.91. The normalized spacial score (nSPS) is 10.9. The number of furan rings is 1. The summed E-state index contributed by atoms with van der Waals surface area (Å²) in [4.78, 5) is 14.4. The van der Waals surface area contributed by atoms with Gasteiger partial charge in [-0.3, -0.25) is 9.36 Å². The third-order valence-electron chi connectivity index (χ3n) is 4.30. The van der Waals surface area contributed by atoms with Crippen molar-refractivity contribution < 1.29 is 9.21 Å². The van der Waals surface area contributed by atoms with Crippen molar-refractivity contribution in [2.75, 3.05) is 18.8 Å². The molecule has 0 aliphatic heterocycles. The van der Waals surface area contributed by atoms with Gasteiger partial charge in [-0.2, -0.15) is 0 Å². The largest absolute Gasteiger partial charge is 0.467 e. The average Bonchev–Trinajstić information content (AvgIpc) is 3.35. The van der Waals surface area contributed by atoms with Gasteiger partial charge in [-0.05, 0) is 44.2 Å². The molecule has 0 aliphatic carbocycles. The first kappa shape index (κ1) is 22.5. The number of nitrogens with zero attached hydrogens (tertiary/aromatic N) is 4. The first-order chi connectivity index (χ1) is 14.4. The van der Waals surface area contributed by atoms with Crippen molar-refractivity contribution in [2.24, 2.45) is 0 Å². The van der Waals surface area contributed by atoms with Gasteiger partial charge in [0.2, 0.25) is 5.91 Å². The Hall–Kier alpha value is -2.22. The molecule has 0 spiro atoms. The molecule has 0 bridgehead atoms. The molecule has 0 saturated heterocycles. The minimum atomic E-state index is 0.0177. The summed E-state index contributed by atoms with van der Waals surface area (Å²) >= 11 is 13.8. The number of rotatable bonds is 9. The second kappa shape index (κ2) is 10.2. The van der Waals surface area contributed by atoms with Crippen LogP contribution in [0.3, 0.4) is 0 Å². The summed E-state index contributed by atoms with van der Waals surface area (Å²) in [5, 5.41) is 10.3. The Balaban J connectivity index is 1.88. The predicted molar refractivity (Wildman–Crippen MR) is 121 cm³/mol. The molecular formula is C21H22Cl2N4O2S. The molecule has 1 aromatic carbocycles. The molecule has 30 heavy (non-hydrogen) atoms. The van der Waals surface area contributed by atoms with E-state index >= 15 is 0 Å². The number of carbonyl (C=O) groups is 1.